The van der Waals surface area contributed by atoms with Crippen molar-refractivity contribution in [3.05, 3.63) is 21.7 Å². The van der Waals surface area contributed by atoms with Gasteiger partial charge in [0.25, 0.3) is 0 Å². The first-order valence-corrected chi connectivity index (χ1v) is 13.1. The Balaban J connectivity index is 1.81. The molecule has 190 valence electrons. The lowest BCUT2D eigenvalue weighted by Gasteiger charge is -2.34. The average molecular weight is 494 g/mol. The number of Topliss-reactive ketones (excluding diaryl/α,β-unsaturated/α-hetero) is 1. The van der Waals surface area contributed by atoms with Crippen LogP contribution in [0.5, 0.6) is 0 Å². The number of ketones is 1. The fourth-order valence-corrected chi connectivity index (χ4v) is 5.35. The summed E-state index contributed by atoms with van der Waals surface area (Å²) in [5.41, 5.74) is 0.494. The Morgan fingerprint density at radius 3 is 2.56 bits per heavy atom. The number of ether oxygens (including phenoxy) is 2. The van der Waals surface area contributed by atoms with Gasteiger partial charge in [-0.05, 0) is 44.3 Å². The largest absolute Gasteiger partial charge is 0.458 e. The average Bonchev–Trinajstić information content (AvgIpc) is 3.38. The summed E-state index contributed by atoms with van der Waals surface area (Å²) in [7, 11) is 0. The van der Waals surface area contributed by atoms with E-state index in [9.17, 15) is 19.8 Å². The van der Waals surface area contributed by atoms with Gasteiger partial charge in [-0.3, -0.25) is 9.59 Å². The minimum Gasteiger partial charge on any atom is -0.458 e. The molecule has 0 amide bonds. The van der Waals surface area contributed by atoms with E-state index in [0.717, 1.165) is 35.5 Å². The van der Waals surface area contributed by atoms with Crippen LogP contribution in [0.4, 0.5) is 0 Å². The summed E-state index contributed by atoms with van der Waals surface area (Å²) in [5.74, 6) is -1.52. The summed E-state index contributed by atoms with van der Waals surface area (Å²) in [6.45, 7) is 10.8. The summed E-state index contributed by atoms with van der Waals surface area (Å²) in [6, 6.07) is 0. The second-order valence-electron chi connectivity index (χ2n) is 10.6. The lowest BCUT2D eigenvalue weighted by Crippen LogP contribution is -2.45. The minimum atomic E-state index is -1.22. The molecule has 3 rings (SSSR count). The molecule has 7 nitrogen and oxygen atoms in total. The molecule has 0 radical (unpaired) electrons. The third kappa shape index (κ3) is 6.53. The molecule has 1 aromatic heterocycles. The number of thiazole rings is 1. The fraction of sp³-hybridized carbons (Fsp3) is 0.731. The smallest absolute Gasteiger partial charge is 0.309 e. The number of carbonyl (C=O) groups excluding carboxylic acids is 2. The maximum Gasteiger partial charge on any atom is 0.309 e. The third-order valence-corrected chi connectivity index (χ3v) is 8.20. The molecule has 1 aromatic rings. The minimum absolute atomic E-state index is 0.00770. The molecule has 3 heterocycles. The Hall–Kier alpha value is -1.61. The molecule has 2 aliphatic rings. The van der Waals surface area contributed by atoms with Gasteiger partial charge < -0.3 is 19.7 Å². The van der Waals surface area contributed by atoms with E-state index in [1.165, 1.54) is 0 Å². The molecule has 34 heavy (non-hydrogen) atoms. The number of esters is 1. The molecule has 2 aliphatic heterocycles. The van der Waals surface area contributed by atoms with Crippen molar-refractivity contribution in [2.45, 2.75) is 104 Å². The molecule has 2 fully saturated rings. The molecule has 2 saturated heterocycles. The zero-order valence-corrected chi connectivity index (χ0v) is 21.9. The summed E-state index contributed by atoms with van der Waals surface area (Å²) < 4.78 is 11.7. The molecular weight excluding hydrogens is 454 g/mol. The monoisotopic (exact) mass is 493 g/mol. The summed E-state index contributed by atoms with van der Waals surface area (Å²) >= 11 is 1.56. The predicted octanol–water partition coefficient (Wildman–Crippen LogP) is 4.09. The molecule has 0 saturated carbocycles. The number of hydrogen-bond donors (Lipinski definition) is 2. The van der Waals surface area contributed by atoms with Gasteiger partial charge in [0, 0.05) is 17.7 Å². The Kier molecular flexibility index (Phi) is 8.71. The normalized spacial score (nSPS) is 36.0. The highest BCUT2D eigenvalue weighted by Gasteiger charge is 2.44. The Bertz CT molecular complexity index is 909. The molecule has 0 bridgehead atoms. The fourth-order valence-electron chi connectivity index (χ4n) is 4.78. The van der Waals surface area contributed by atoms with Crippen molar-refractivity contribution in [1.82, 2.24) is 4.98 Å². The van der Waals surface area contributed by atoms with Crippen molar-refractivity contribution in [1.29, 1.82) is 0 Å². The van der Waals surface area contributed by atoms with E-state index in [1.807, 2.05) is 32.2 Å². The first kappa shape index (κ1) is 27.0. The van der Waals surface area contributed by atoms with Gasteiger partial charge in [-0.25, -0.2) is 4.98 Å². The van der Waals surface area contributed by atoms with Crippen LogP contribution in [-0.4, -0.2) is 57.5 Å². The van der Waals surface area contributed by atoms with E-state index in [-0.39, 0.29) is 30.3 Å². The maximum atomic E-state index is 13.2. The van der Waals surface area contributed by atoms with Crippen molar-refractivity contribution in [2.75, 3.05) is 0 Å². The van der Waals surface area contributed by atoms with Gasteiger partial charge in [-0.2, -0.15) is 0 Å². The van der Waals surface area contributed by atoms with Gasteiger partial charge in [-0.1, -0.05) is 34.1 Å². The second-order valence-corrected chi connectivity index (χ2v) is 11.7. The van der Waals surface area contributed by atoms with Crippen molar-refractivity contribution in [2.24, 2.45) is 17.3 Å². The molecule has 0 unspecified atom stereocenters. The third-order valence-electron chi connectivity index (χ3n) is 7.41. The van der Waals surface area contributed by atoms with Crippen LogP contribution in [0.2, 0.25) is 0 Å². The lowest BCUT2D eigenvalue weighted by molar-refractivity contribution is -0.154. The van der Waals surface area contributed by atoms with Crippen molar-refractivity contribution >= 4 is 29.2 Å². The molecule has 2 N–H and O–H groups in total. The van der Waals surface area contributed by atoms with E-state index < -0.39 is 35.6 Å². The van der Waals surface area contributed by atoms with Crippen LogP contribution in [0, 0.1) is 24.2 Å². The first-order chi connectivity index (χ1) is 15.9. The van der Waals surface area contributed by atoms with E-state index in [4.69, 9.17) is 9.47 Å². The number of nitrogens with zero attached hydrogens (tertiary/aromatic N) is 1. The summed E-state index contributed by atoms with van der Waals surface area (Å²) in [5, 5.41) is 24.5. The second kappa shape index (κ2) is 11.0. The Morgan fingerprint density at radius 1 is 1.21 bits per heavy atom. The highest BCUT2D eigenvalue weighted by Crippen LogP contribution is 2.36. The molecule has 8 heteroatoms. The number of cyclic esters (lactones) is 1. The van der Waals surface area contributed by atoms with E-state index >= 15 is 0 Å². The zero-order valence-electron chi connectivity index (χ0n) is 21.1. The van der Waals surface area contributed by atoms with Crippen LogP contribution in [0.3, 0.4) is 0 Å². The van der Waals surface area contributed by atoms with Gasteiger partial charge in [0.1, 0.15) is 11.9 Å². The van der Waals surface area contributed by atoms with Gasteiger partial charge >= 0.3 is 5.97 Å². The van der Waals surface area contributed by atoms with Crippen molar-refractivity contribution in [3.63, 3.8) is 0 Å². The SMILES string of the molecule is CC(=Cc1csc(C)n1)[C@@H]1C[C@@H]2O[C@@H]2CCC[C@H](C)[C@H](O)[C@@H](C)C(=O)C(C)(C)[C@@H](O)CC(=O)O1. The first-order valence-electron chi connectivity index (χ1n) is 12.3. The van der Waals surface area contributed by atoms with Crippen LogP contribution in [0.25, 0.3) is 6.08 Å². The van der Waals surface area contributed by atoms with Crippen LogP contribution < -0.4 is 0 Å². The van der Waals surface area contributed by atoms with Crippen molar-refractivity contribution < 1.29 is 29.3 Å². The lowest BCUT2D eigenvalue weighted by atomic mass is 9.73. The number of aliphatic hydroxyl groups is 2. The number of hydrogen-bond acceptors (Lipinski definition) is 8. The van der Waals surface area contributed by atoms with Crippen LogP contribution >= 0.6 is 11.3 Å². The maximum absolute atomic E-state index is 13.2. The number of aliphatic hydroxyl groups excluding tert-OH is 2. The number of rotatable bonds is 2. The molecule has 0 aliphatic carbocycles. The van der Waals surface area contributed by atoms with Gasteiger partial charge in [0.05, 0.1) is 47.0 Å². The van der Waals surface area contributed by atoms with E-state index in [0.29, 0.717) is 6.42 Å². The number of carbonyl (C=O) groups is 2. The molecule has 0 aromatic carbocycles. The Labute approximate surface area is 206 Å². The van der Waals surface area contributed by atoms with Crippen molar-refractivity contribution in [3.8, 4) is 0 Å². The summed E-state index contributed by atoms with van der Waals surface area (Å²) in [4.78, 5) is 30.5. The number of fused-ring (bicyclic) bond motifs is 1. The van der Waals surface area contributed by atoms with Crippen LogP contribution in [-0.2, 0) is 19.1 Å². The molecule has 0 spiro atoms. The van der Waals surface area contributed by atoms with Gasteiger partial charge in [-0.15, -0.1) is 11.3 Å². The highest BCUT2D eigenvalue weighted by molar-refractivity contribution is 7.09. The topological polar surface area (TPSA) is 109 Å². The van der Waals surface area contributed by atoms with E-state index in [1.54, 1.807) is 32.1 Å². The van der Waals surface area contributed by atoms with Gasteiger partial charge in [0.15, 0.2) is 0 Å². The van der Waals surface area contributed by atoms with E-state index in [2.05, 4.69) is 4.98 Å². The molecule has 7 atom stereocenters. The standard InChI is InChI=1S/C26H39NO6S/c1-14-8-7-9-19-21(32-19)11-20(15(2)10-18-13-34-17(4)27-18)33-23(29)12-22(28)26(5,6)25(31)16(3)24(14)30/h10,13-14,16,19-22,24,28,30H,7-9,11-12H2,1-6H3/t14-,16+,19+,20-,21-,22-,24-/m0/s1. The number of aryl methyl sites for hydroxylation is 1. The van der Waals surface area contributed by atoms with Crippen LogP contribution in [0.15, 0.2) is 11.0 Å². The summed E-state index contributed by atoms with van der Waals surface area (Å²) in [6.07, 6.45) is 2.28. The predicted molar refractivity (Wildman–Crippen MR) is 131 cm³/mol. The van der Waals surface area contributed by atoms with Gasteiger partial charge in [0.2, 0.25) is 0 Å². The highest BCUT2D eigenvalue weighted by atomic mass is 32.1. The number of epoxide rings is 1. The Morgan fingerprint density at radius 2 is 1.91 bits per heavy atom. The quantitative estimate of drug-likeness (QED) is 0.472. The zero-order chi connectivity index (χ0) is 25.2. The number of aromatic nitrogens is 1. The van der Waals surface area contributed by atoms with Crippen LogP contribution in [0.1, 0.15) is 77.4 Å². The molecular formula is C26H39NO6S.